The summed E-state index contributed by atoms with van der Waals surface area (Å²) in [7, 11) is 0. The zero-order valence-corrected chi connectivity index (χ0v) is 12.7. The SMILES string of the molecule is c1cc(C2=NCCO2)ccc1Nc1ccc(C2=NCCO2)cc1. The van der Waals surface area contributed by atoms with E-state index in [0.717, 1.165) is 47.4 Å². The van der Waals surface area contributed by atoms with Gasteiger partial charge in [-0.15, -0.1) is 0 Å². The van der Waals surface area contributed by atoms with Crippen LogP contribution in [-0.2, 0) is 9.47 Å². The van der Waals surface area contributed by atoms with Crippen molar-refractivity contribution in [2.45, 2.75) is 0 Å². The highest BCUT2D eigenvalue weighted by molar-refractivity contribution is 5.96. The highest BCUT2D eigenvalue weighted by Gasteiger charge is 2.11. The van der Waals surface area contributed by atoms with Gasteiger partial charge in [0, 0.05) is 22.5 Å². The van der Waals surface area contributed by atoms with E-state index >= 15 is 0 Å². The van der Waals surface area contributed by atoms with Crippen LogP contribution >= 0.6 is 0 Å². The third-order valence-corrected chi connectivity index (χ3v) is 3.72. The van der Waals surface area contributed by atoms with Crippen molar-refractivity contribution in [3.63, 3.8) is 0 Å². The number of rotatable bonds is 4. The van der Waals surface area contributed by atoms with Gasteiger partial charge in [-0.2, -0.15) is 0 Å². The Morgan fingerprint density at radius 1 is 0.652 bits per heavy atom. The van der Waals surface area contributed by atoms with Gasteiger partial charge in [0.1, 0.15) is 13.2 Å². The summed E-state index contributed by atoms with van der Waals surface area (Å²) in [5.41, 5.74) is 4.07. The van der Waals surface area contributed by atoms with Gasteiger partial charge in [0.15, 0.2) is 0 Å². The maximum absolute atomic E-state index is 5.47. The average molecular weight is 307 g/mol. The molecule has 0 radical (unpaired) electrons. The Labute approximate surface area is 134 Å². The van der Waals surface area contributed by atoms with Crippen molar-refractivity contribution in [3.05, 3.63) is 59.7 Å². The summed E-state index contributed by atoms with van der Waals surface area (Å²) in [5.74, 6) is 1.47. The number of aliphatic imine (C=N–C) groups is 2. The largest absolute Gasteiger partial charge is 0.476 e. The van der Waals surface area contributed by atoms with Crippen LogP contribution < -0.4 is 5.32 Å². The first-order valence-corrected chi connectivity index (χ1v) is 7.71. The van der Waals surface area contributed by atoms with Crippen molar-refractivity contribution >= 4 is 23.2 Å². The maximum atomic E-state index is 5.47. The molecule has 5 heteroatoms. The summed E-state index contributed by atoms with van der Waals surface area (Å²) in [4.78, 5) is 8.64. The number of benzene rings is 2. The third kappa shape index (κ3) is 3.04. The molecular weight excluding hydrogens is 290 g/mol. The second-order valence-electron chi connectivity index (χ2n) is 5.35. The van der Waals surface area contributed by atoms with Crippen LogP contribution in [0.15, 0.2) is 58.5 Å². The minimum absolute atomic E-state index is 0.677. The minimum Gasteiger partial charge on any atom is -0.476 e. The number of anilines is 2. The fourth-order valence-electron chi connectivity index (χ4n) is 2.58. The van der Waals surface area contributed by atoms with Crippen molar-refractivity contribution in [2.24, 2.45) is 9.98 Å². The minimum atomic E-state index is 0.677. The predicted molar refractivity (Wildman–Crippen MR) is 90.9 cm³/mol. The molecule has 0 unspecified atom stereocenters. The smallest absolute Gasteiger partial charge is 0.216 e. The van der Waals surface area contributed by atoms with Crippen LogP contribution in [0.1, 0.15) is 11.1 Å². The van der Waals surface area contributed by atoms with Crippen LogP contribution in [-0.4, -0.2) is 38.1 Å². The van der Waals surface area contributed by atoms with E-state index in [1.165, 1.54) is 0 Å². The number of hydrogen-bond donors (Lipinski definition) is 1. The molecule has 0 saturated heterocycles. The molecule has 0 spiro atoms. The Bertz CT molecular complexity index is 683. The molecule has 0 aromatic heterocycles. The van der Waals surface area contributed by atoms with Gasteiger partial charge < -0.3 is 14.8 Å². The number of nitrogens with zero attached hydrogens (tertiary/aromatic N) is 2. The molecule has 0 atom stereocenters. The zero-order valence-electron chi connectivity index (χ0n) is 12.7. The maximum Gasteiger partial charge on any atom is 0.216 e. The molecule has 0 bridgehead atoms. The Kier molecular flexibility index (Phi) is 3.68. The van der Waals surface area contributed by atoms with Crippen LogP contribution in [0.2, 0.25) is 0 Å². The summed E-state index contributed by atoms with van der Waals surface area (Å²) >= 11 is 0. The van der Waals surface area contributed by atoms with E-state index in [2.05, 4.69) is 15.3 Å². The lowest BCUT2D eigenvalue weighted by Crippen LogP contribution is -2.02. The lowest BCUT2D eigenvalue weighted by atomic mass is 10.1. The van der Waals surface area contributed by atoms with Crippen LogP contribution in [0.5, 0.6) is 0 Å². The molecule has 0 saturated carbocycles. The second kappa shape index (κ2) is 6.12. The Morgan fingerprint density at radius 2 is 1.09 bits per heavy atom. The Hall–Kier alpha value is -2.82. The molecule has 0 amide bonds. The highest BCUT2D eigenvalue weighted by Crippen LogP contribution is 2.19. The third-order valence-electron chi connectivity index (χ3n) is 3.72. The van der Waals surface area contributed by atoms with Crippen LogP contribution in [0.25, 0.3) is 0 Å². The van der Waals surface area contributed by atoms with E-state index in [1.807, 2.05) is 48.5 Å². The van der Waals surface area contributed by atoms with Gasteiger partial charge in [0.05, 0.1) is 13.1 Å². The molecule has 2 heterocycles. The van der Waals surface area contributed by atoms with Gasteiger partial charge in [-0.3, -0.25) is 0 Å². The molecule has 23 heavy (non-hydrogen) atoms. The lowest BCUT2D eigenvalue weighted by molar-refractivity contribution is 0.348. The van der Waals surface area contributed by atoms with E-state index in [-0.39, 0.29) is 0 Å². The van der Waals surface area contributed by atoms with E-state index in [0.29, 0.717) is 13.2 Å². The van der Waals surface area contributed by atoms with Gasteiger partial charge >= 0.3 is 0 Å². The van der Waals surface area contributed by atoms with Gasteiger partial charge in [0.2, 0.25) is 11.8 Å². The van der Waals surface area contributed by atoms with E-state index in [4.69, 9.17) is 9.47 Å². The molecule has 2 aliphatic rings. The summed E-state index contributed by atoms with van der Waals surface area (Å²) < 4.78 is 10.9. The molecule has 2 aliphatic heterocycles. The summed E-state index contributed by atoms with van der Waals surface area (Å²) in [6.07, 6.45) is 0. The Balaban J connectivity index is 1.45. The second-order valence-corrected chi connectivity index (χ2v) is 5.35. The number of hydrogen-bond acceptors (Lipinski definition) is 5. The van der Waals surface area contributed by atoms with Crippen molar-refractivity contribution < 1.29 is 9.47 Å². The standard InChI is InChI=1S/C18H17N3O2/c1-5-15(6-2-13(1)17-19-9-11-22-17)21-16-7-3-14(4-8-16)18-20-10-12-23-18/h1-8,21H,9-12H2. The predicted octanol–water partition coefficient (Wildman–Crippen LogP) is 2.98. The van der Waals surface area contributed by atoms with Gasteiger partial charge in [-0.1, -0.05) is 0 Å². The van der Waals surface area contributed by atoms with Crippen molar-refractivity contribution in [2.75, 3.05) is 31.6 Å². The van der Waals surface area contributed by atoms with Gasteiger partial charge in [-0.25, -0.2) is 9.98 Å². The molecule has 4 rings (SSSR count). The normalized spacial score (nSPS) is 16.3. The quantitative estimate of drug-likeness (QED) is 0.944. The molecule has 2 aromatic carbocycles. The first-order valence-electron chi connectivity index (χ1n) is 7.71. The van der Waals surface area contributed by atoms with Crippen molar-refractivity contribution in [1.29, 1.82) is 0 Å². The summed E-state index contributed by atoms with van der Waals surface area (Å²) in [5, 5.41) is 3.38. The number of nitrogens with one attached hydrogen (secondary N) is 1. The first-order chi connectivity index (χ1) is 11.4. The molecule has 0 aliphatic carbocycles. The monoisotopic (exact) mass is 307 g/mol. The summed E-state index contributed by atoms with van der Waals surface area (Å²) in [6.45, 7) is 2.85. The fourth-order valence-corrected chi connectivity index (χ4v) is 2.58. The van der Waals surface area contributed by atoms with Gasteiger partial charge in [0.25, 0.3) is 0 Å². The molecule has 1 N–H and O–H groups in total. The first kappa shape index (κ1) is 13.8. The van der Waals surface area contributed by atoms with E-state index in [1.54, 1.807) is 0 Å². The van der Waals surface area contributed by atoms with Crippen molar-refractivity contribution in [1.82, 2.24) is 0 Å². The van der Waals surface area contributed by atoms with E-state index in [9.17, 15) is 0 Å². The molecule has 0 fully saturated rings. The van der Waals surface area contributed by atoms with Crippen LogP contribution in [0.3, 0.4) is 0 Å². The zero-order chi connectivity index (χ0) is 15.5. The van der Waals surface area contributed by atoms with Crippen LogP contribution in [0.4, 0.5) is 11.4 Å². The summed E-state index contributed by atoms with van der Waals surface area (Å²) in [6, 6.07) is 16.2. The van der Waals surface area contributed by atoms with Gasteiger partial charge in [-0.05, 0) is 48.5 Å². The van der Waals surface area contributed by atoms with E-state index < -0.39 is 0 Å². The highest BCUT2D eigenvalue weighted by atomic mass is 16.5. The molecule has 2 aromatic rings. The molecule has 116 valence electrons. The fraction of sp³-hybridized carbons (Fsp3) is 0.222. The Morgan fingerprint density at radius 3 is 1.43 bits per heavy atom. The average Bonchev–Trinajstić information content (AvgIpc) is 3.30. The molecule has 5 nitrogen and oxygen atoms in total. The number of ether oxygens (including phenoxy) is 2. The molecular formula is C18H17N3O2. The van der Waals surface area contributed by atoms with Crippen LogP contribution in [0, 0.1) is 0 Å². The van der Waals surface area contributed by atoms with Crippen molar-refractivity contribution in [3.8, 4) is 0 Å². The lowest BCUT2D eigenvalue weighted by Gasteiger charge is -2.09. The topological polar surface area (TPSA) is 55.2 Å².